The van der Waals surface area contributed by atoms with Gasteiger partial charge in [-0.3, -0.25) is 0 Å². The molecule has 0 saturated heterocycles. The van der Waals surface area contributed by atoms with Gasteiger partial charge in [-0.1, -0.05) is 6.92 Å². The first-order valence-electron chi connectivity index (χ1n) is 6.58. The van der Waals surface area contributed by atoms with Gasteiger partial charge < -0.3 is 14.7 Å². The summed E-state index contributed by atoms with van der Waals surface area (Å²) in [6, 6.07) is 0. The molecule has 0 radical (unpaired) electrons. The summed E-state index contributed by atoms with van der Waals surface area (Å²) in [4.78, 5) is 7.12. The van der Waals surface area contributed by atoms with Gasteiger partial charge in [-0.15, -0.1) is 0 Å². The van der Waals surface area contributed by atoms with Crippen LogP contribution in [0.1, 0.15) is 26.2 Å². The Labute approximate surface area is 102 Å². The third kappa shape index (κ3) is 10.4. The molecule has 0 bridgehead atoms. The summed E-state index contributed by atoms with van der Waals surface area (Å²) in [7, 11) is 8.73. The van der Waals surface area contributed by atoms with Crippen LogP contribution in [0.5, 0.6) is 0 Å². The van der Waals surface area contributed by atoms with Gasteiger partial charge in [0.2, 0.25) is 0 Å². The highest BCUT2D eigenvalue weighted by Gasteiger charge is 2.00. The van der Waals surface area contributed by atoms with E-state index in [-0.39, 0.29) is 0 Å². The molecule has 98 valence electrons. The molecule has 0 N–H and O–H groups in total. The summed E-state index contributed by atoms with van der Waals surface area (Å²) in [5.74, 6) is 0. The SMILES string of the molecule is CCCN(C)CCCN(C)CCCN(C)C. The number of hydrogen-bond donors (Lipinski definition) is 0. The van der Waals surface area contributed by atoms with Crippen molar-refractivity contribution in [2.75, 3.05) is 60.9 Å². The van der Waals surface area contributed by atoms with Gasteiger partial charge in [0.25, 0.3) is 0 Å². The van der Waals surface area contributed by atoms with Crippen molar-refractivity contribution in [3.63, 3.8) is 0 Å². The van der Waals surface area contributed by atoms with Crippen LogP contribution in [0, 0.1) is 0 Å². The van der Waals surface area contributed by atoms with E-state index < -0.39 is 0 Å². The second-order valence-electron chi connectivity index (χ2n) is 5.12. The molecule has 0 aliphatic rings. The zero-order chi connectivity index (χ0) is 12.4. The summed E-state index contributed by atoms with van der Waals surface area (Å²) >= 11 is 0. The molecule has 0 saturated carbocycles. The third-order valence-electron chi connectivity index (χ3n) is 2.83. The minimum atomic E-state index is 1.19. The normalized spacial score (nSPS) is 12.0. The summed E-state index contributed by atoms with van der Waals surface area (Å²) in [5, 5.41) is 0. The molecule has 0 atom stereocenters. The monoisotopic (exact) mass is 229 g/mol. The average molecular weight is 229 g/mol. The lowest BCUT2D eigenvalue weighted by molar-refractivity contribution is 0.267. The van der Waals surface area contributed by atoms with Gasteiger partial charge in [-0.25, -0.2) is 0 Å². The number of nitrogens with zero attached hydrogens (tertiary/aromatic N) is 3. The maximum atomic E-state index is 2.45. The van der Waals surface area contributed by atoms with Gasteiger partial charge in [-0.05, 0) is 80.2 Å². The van der Waals surface area contributed by atoms with Gasteiger partial charge in [0.1, 0.15) is 0 Å². The lowest BCUT2D eigenvalue weighted by Crippen LogP contribution is -2.28. The van der Waals surface area contributed by atoms with Gasteiger partial charge in [0, 0.05) is 0 Å². The van der Waals surface area contributed by atoms with E-state index in [1.54, 1.807) is 0 Å². The standard InChI is InChI=1S/C13H31N3/c1-6-9-15(4)12-8-13-16(5)11-7-10-14(2)3/h6-13H2,1-5H3. The van der Waals surface area contributed by atoms with Crippen molar-refractivity contribution in [2.24, 2.45) is 0 Å². The molecule has 0 aromatic carbocycles. The van der Waals surface area contributed by atoms with Crippen LogP contribution >= 0.6 is 0 Å². The van der Waals surface area contributed by atoms with Crippen LogP contribution < -0.4 is 0 Å². The van der Waals surface area contributed by atoms with E-state index in [2.05, 4.69) is 49.8 Å². The van der Waals surface area contributed by atoms with E-state index in [0.717, 1.165) is 0 Å². The van der Waals surface area contributed by atoms with Crippen LogP contribution in [0.4, 0.5) is 0 Å². The Morgan fingerprint density at radius 2 is 1.06 bits per heavy atom. The van der Waals surface area contributed by atoms with Crippen molar-refractivity contribution < 1.29 is 0 Å². The van der Waals surface area contributed by atoms with E-state index in [1.165, 1.54) is 52.0 Å². The molecule has 0 heterocycles. The fourth-order valence-corrected chi connectivity index (χ4v) is 1.87. The molecule has 0 aromatic rings. The average Bonchev–Trinajstić information content (AvgIpc) is 2.17. The molecule has 0 spiro atoms. The van der Waals surface area contributed by atoms with Crippen molar-refractivity contribution in [3.05, 3.63) is 0 Å². The van der Waals surface area contributed by atoms with Gasteiger partial charge in [-0.2, -0.15) is 0 Å². The fourth-order valence-electron chi connectivity index (χ4n) is 1.87. The van der Waals surface area contributed by atoms with Crippen LogP contribution in [0.3, 0.4) is 0 Å². The van der Waals surface area contributed by atoms with Crippen molar-refractivity contribution in [2.45, 2.75) is 26.2 Å². The summed E-state index contributed by atoms with van der Waals surface area (Å²) < 4.78 is 0. The molecule has 0 fully saturated rings. The van der Waals surface area contributed by atoms with Crippen LogP contribution in [-0.4, -0.2) is 75.6 Å². The maximum Gasteiger partial charge on any atom is -0.000959 e. The van der Waals surface area contributed by atoms with E-state index in [9.17, 15) is 0 Å². The highest BCUT2D eigenvalue weighted by atomic mass is 15.1. The highest BCUT2D eigenvalue weighted by Crippen LogP contribution is 1.94. The van der Waals surface area contributed by atoms with Crippen LogP contribution in [-0.2, 0) is 0 Å². The number of hydrogen-bond acceptors (Lipinski definition) is 3. The summed E-state index contributed by atoms with van der Waals surface area (Å²) in [6.45, 7) is 8.33. The Morgan fingerprint density at radius 1 is 0.625 bits per heavy atom. The predicted molar refractivity (Wildman–Crippen MR) is 73.1 cm³/mol. The first-order chi connectivity index (χ1) is 7.56. The molecule has 3 heteroatoms. The molecule has 3 nitrogen and oxygen atoms in total. The Kier molecular flexibility index (Phi) is 9.99. The minimum absolute atomic E-state index is 1.19. The van der Waals surface area contributed by atoms with Crippen molar-refractivity contribution in [3.8, 4) is 0 Å². The first-order valence-corrected chi connectivity index (χ1v) is 6.58. The second kappa shape index (κ2) is 10.1. The molecular formula is C13H31N3. The molecule has 0 aliphatic carbocycles. The second-order valence-corrected chi connectivity index (χ2v) is 5.12. The largest absolute Gasteiger partial charge is 0.309 e. The Morgan fingerprint density at radius 3 is 1.50 bits per heavy atom. The third-order valence-corrected chi connectivity index (χ3v) is 2.83. The lowest BCUT2D eigenvalue weighted by atomic mass is 10.3. The summed E-state index contributed by atoms with van der Waals surface area (Å²) in [5.41, 5.74) is 0. The van der Waals surface area contributed by atoms with Gasteiger partial charge in [0.05, 0.1) is 0 Å². The summed E-state index contributed by atoms with van der Waals surface area (Å²) in [6.07, 6.45) is 3.82. The smallest absolute Gasteiger partial charge is 0.000959 e. The van der Waals surface area contributed by atoms with E-state index in [4.69, 9.17) is 0 Å². The maximum absolute atomic E-state index is 2.45. The van der Waals surface area contributed by atoms with Crippen LogP contribution in [0.25, 0.3) is 0 Å². The molecule has 16 heavy (non-hydrogen) atoms. The van der Waals surface area contributed by atoms with Gasteiger partial charge >= 0.3 is 0 Å². The van der Waals surface area contributed by atoms with Gasteiger partial charge in [0.15, 0.2) is 0 Å². The molecule has 0 amide bonds. The number of rotatable bonds is 10. The van der Waals surface area contributed by atoms with E-state index in [1.807, 2.05) is 0 Å². The van der Waals surface area contributed by atoms with Crippen molar-refractivity contribution >= 4 is 0 Å². The molecule has 0 aromatic heterocycles. The topological polar surface area (TPSA) is 9.72 Å². The van der Waals surface area contributed by atoms with Crippen LogP contribution in [0.2, 0.25) is 0 Å². The van der Waals surface area contributed by atoms with E-state index in [0.29, 0.717) is 0 Å². The quantitative estimate of drug-likeness (QED) is 0.563. The molecule has 0 unspecified atom stereocenters. The zero-order valence-corrected chi connectivity index (χ0v) is 12.0. The fraction of sp³-hybridized carbons (Fsp3) is 1.00. The predicted octanol–water partition coefficient (Wildman–Crippen LogP) is 1.60. The lowest BCUT2D eigenvalue weighted by Gasteiger charge is -2.20. The first kappa shape index (κ1) is 15.9. The zero-order valence-electron chi connectivity index (χ0n) is 12.0. The Bertz CT molecular complexity index is 148. The Balaban J connectivity index is 3.32. The molecular weight excluding hydrogens is 198 g/mol. The highest BCUT2D eigenvalue weighted by molar-refractivity contribution is 4.57. The van der Waals surface area contributed by atoms with Crippen molar-refractivity contribution in [1.29, 1.82) is 0 Å². The minimum Gasteiger partial charge on any atom is -0.309 e. The molecule has 0 aliphatic heterocycles. The van der Waals surface area contributed by atoms with E-state index >= 15 is 0 Å². The molecule has 0 rings (SSSR count). The van der Waals surface area contributed by atoms with Crippen LogP contribution in [0.15, 0.2) is 0 Å². The Hall–Kier alpha value is -0.120. The van der Waals surface area contributed by atoms with Crippen molar-refractivity contribution in [1.82, 2.24) is 14.7 Å².